The van der Waals surface area contributed by atoms with Crippen LogP contribution in [0.3, 0.4) is 0 Å². The van der Waals surface area contributed by atoms with Crippen molar-refractivity contribution in [3.63, 3.8) is 0 Å². The Bertz CT molecular complexity index is 254. The molecule has 0 bridgehead atoms. The molecule has 0 aromatic rings. The smallest absolute Gasteiger partial charge is 0.335 e. The number of halogens is 1. The van der Waals surface area contributed by atoms with E-state index in [9.17, 15) is 4.79 Å². The molecule has 0 aromatic heterocycles. The molecule has 0 rings (SSSR count). The number of allylic oxidation sites excluding steroid dienone is 1. The Hall–Kier alpha value is -1.35. The van der Waals surface area contributed by atoms with Crippen LogP contribution in [0.1, 0.15) is 0 Å². The Balaban J connectivity index is 4.49. The lowest BCUT2D eigenvalue weighted by Crippen LogP contribution is -1.97. The monoisotopic (exact) mass is 185 g/mol. The van der Waals surface area contributed by atoms with E-state index in [2.05, 4.69) is 11.6 Å². The normalized spacial score (nSPS) is 12.6. The number of hydrogen-bond donors (Lipinski definition) is 1. The van der Waals surface area contributed by atoms with Gasteiger partial charge in [-0.15, -0.1) is 0 Å². The molecule has 0 atom stereocenters. The van der Waals surface area contributed by atoms with Crippen LogP contribution in [0.25, 0.3) is 0 Å². The summed E-state index contributed by atoms with van der Waals surface area (Å²) in [5.41, 5.74) is 1.19. The van der Waals surface area contributed by atoms with Gasteiger partial charge in [-0.2, -0.15) is 0 Å². The first-order valence-electron chi connectivity index (χ1n) is 3.06. The minimum atomic E-state index is -1.05. The zero-order chi connectivity index (χ0) is 9.40. The topological polar surface area (TPSA) is 49.7 Å². The first-order valence-corrected chi connectivity index (χ1v) is 3.50. The van der Waals surface area contributed by atoms with Crippen LogP contribution in [0.4, 0.5) is 0 Å². The Morgan fingerprint density at radius 2 is 2.25 bits per heavy atom. The molecule has 0 amide bonds. The van der Waals surface area contributed by atoms with Gasteiger partial charge in [0.05, 0.1) is 5.57 Å². The van der Waals surface area contributed by atoms with E-state index in [4.69, 9.17) is 16.7 Å². The van der Waals surface area contributed by atoms with Gasteiger partial charge < -0.3 is 5.11 Å². The summed E-state index contributed by atoms with van der Waals surface area (Å²) in [6.45, 7) is 3.33. The molecule has 0 aliphatic rings. The molecule has 0 saturated carbocycles. The largest absolute Gasteiger partial charge is 0.478 e. The van der Waals surface area contributed by atoms with Crippen molar-refractivity contribution in [1.82, 2.24) is 0 Å². The third-order valence-electron chi connectivity index (χ3n) is 0.935. The van der Waals surface area contributed by atoms with Gasteiger partial charge in [-0.1, -0.05) is 18.2 Å². The van der Waals surface area contributed by atoms with Crippen LogP contribution in [-0.2, 0) is 4.79 Å². The zero-order valence-electron chi connectivity index (χ0n) is 6.27. The summed E-state index contributed by atoms with van der Waals surface area (Å²) in [5, 5.41) is 8.54. The van der Waals surface area contributed by atoms with Gasteiger partial charge in [0.25, 0.3) is 0 Å². The van der Waals surface area contributed by atoms with Crippen LogP contribution >= 0.6 is 11.6 Å². The minimum Gasteiger partial charge on any atom is -0.478 e. The number of carboxylic acids is 1. The third-order valence-corrected chi connectivity index (χ3v) is 1.06. The molecule has 3 nitrogen and oxygen atoms in total. The number of hydrogen-bond acceptors (Lipinski definition) is 2. The fourth-order valence-corrected chi connectivity index (χ4v) is 0.586. The Morgan fingerprint density at radius 3 is 2.67 bits per heavy atom. The predicted octanol–water partition coefficient (Wildman–Crippen LogP) is 1.96. The number of carbonyl (C=O) groups is 1. The summed E-state index contributed by atoms with van der Waals surface area (Å²) >= 11 is 5.20. The molecule has 64 valence electrons. The molecular formula is C8H8ClNO2. The highest BCUT2D eigenvalue weighted by Gasteiger charge is 1.99. The second kappa shape index (κ2) is 6.37. The molecule has 0 unspecified atom stereocenters. The van der Waals surface area contributed by atoms with Crippen molar-refractivity contribution in [3.8, 4) is 0 Å². The number of aliphatic imine (C=N–C) groups is 1. The second-order valence-corrected chi connectivity index (χ2v) is 1.95. The molecule has 0 aromatic carbocycles. The van der Waals surface area contributed by atoms with E-state index in [0.29, 0.717) is 0 Å². The molecule has 0 aliphatic carbocycles. The highest BCUT2D eigenvalue weighted by molar-refractivity contribution is 6.25. The summed E-state index contributed by atoms with van der Waals surface area (Å²) < 4.78 is 0. The van der Waals surface area contributed by atoms with Crippen molar-refractivity contribution < 1.29 is 9.90 Å². The number of aliphatic carboxylic acids is 1. The van der Waals surface area contributed by atoms with E-state index in [1.165, 1.54) is 24.6 Å². The molecule has 0 heterocycles. The second-order valence-electron chi connectivity index (χ2n) is 1.70. The lowest BCUT2D eigenvalue weighted by molar-refractivity contribution is -0.132. The zero-order valence-corrected chi connectivity index (χ0v) is 7.03. The standard InChI is InChI=1S/C8H8ClNO2/c1-2-10-6-4-7(3-5-9)8(11)12/h2-6H,1H2,(H,11,12)/b5-3+,7-4+,10-6?. The summed E-state index contributed by atoms with van der Waals surface area (Å²) in [7, 11) is 0. The van der Waals surface area contributed by atoms with E-state index in [-0.39, 0.29) is 5.57 Å². The Labute approximate surface area is 75.4 Å². The van der Waals surface area contributed by atoms with E-state index < -0.39 is 5.97 Å². The van der Waals surface area contributed by atoms with Crippen LogP contribution in [-0.4, -0.2) is 17.3 Å². The van der Waals surface area contributed by atoms with Gasteiger partial charge in [0, 0.05) is 17.9 Å². The van der Waals surface area contributed by atoms with Gasteiger partial charge in [0.1, 0.15) is 0 Å². The van der Waals surface area contributed by atoms with E-state index >= 15 is 0 Å². The van der Waals surface area contributed by atoms with Crippen molar-refractivity contribution >= 4 is 23.8 Å². The molecule has 12 heavy (non-hydrogen) atoms. The van der Waals surface area contributed by atoms with Crippen molar-refractivity contribution in [1.29, 1.82) is 0 Å². The molecule has 1 N–H and O–H groups in total. The van der Waals surface area contributed by atoms with Crippen molar-refractivity contribution in [2.24, 2.45) is 4.99 Å². The fraction of sp³-hybridized carbons (Fsp3) is 0. The lowest BCUT2D eigenvalue weighted by atomic mass is 10.2. The summed E-state index contributed by atoms with van der Waals surface area (Å²) in [6.07, 6.45) is 5.22. The van der Waals surface area contributed by atoms with E-state index in [1.807, 2.05) is 0 Å². The molecule has 0 spiro atoms. The quantitative estimate of drug-likeness (QED) is 0.414. The lowest BCUT2D eigenvalue weighted by Gasteiger charge is -1.88. The van der Waals surface area contributed by atoms with E-state index in [0.717, 1.165) is 5.54 Å². The highest BCUT2D eigenvalue weighted by atomic mass is 35.5. The predicted molar refractivity (Wildman–Crippen MR) is 49.4 cm³/mol. The highest BCUT2D eigenvalue weighted by Crippen LogP contribution is 1.97. The van der Waals surface area contributed by atoms with Gasteiger partial charge >= 0.3 is 5.97 Å². The molecule has 0 radical (unpaired) electrons. The first-order chi connectivity index (χ1) is 5.72. The number of nitrogens with zero attached hydrogens (tertiary/aromatic N) is 1. The molecule has 0 aliphatic heterocycles. The average Bonchev–Trinajstić information content (AvgIpc) is 2.03. The molecule has 0 saturated heterocycles. The first kappa shape index (κ1) is 10.7. The third kappa shape index (κ3) is 4.46. The van der Waals surface area contributed by atoms with Crippen molar-refractivity contribution in [2.45, 2.75) is 0 Å². The Morgan fingerprint density at radius 1 is 1.58 bits per heavy atom. The number of carboxylic acid groups (broad SMARTS) is 1. The SMILES string of the molecule is C=CN=C/C=C(\C=C\Cl)C(=O)O. The molecule has 4 heteroatoms. The Kier molecular flexibility index (Phi) is 5.65. The van der Waals surface area contributed by atoms with Gasteiger partial charge in [-0.25, -0.2) is 4.79 Å². The van der Waals surface area contributed by atoms with Crippen LogP contribution in [0.2, 0.25) is 0 Å². The molecular weight excluding hydrogens is 178 g/mol. The van der Waals surface area contributed by atoms with Crippen LogP contribution < -0.4 is 0 Å². The van der Waals surface area contributed by atoms with Crippen LogP contribution in [0, 0.1) is 0 Å². The summed E-state index contributed by atoms with van der Waals surface area (Å²) in [5.74, 6) is -1.05. The van der Waals surface area contributed by atoms with Gasteiger partial charge in [0.15, 0.2) is 0 Å². The van der Waals surface area contributed by atoms with Crippen LogP contribution in [0.5, 0.6) is 0 Å². The molecule has 0 fully saturated rings. The maximum atomic E-state index is 10.4. The van der Waals surface area contributed by atoms with E-state index in [1.54, 1.807) is 0 Å². The van der Waals surface area contributed by atoms with Gasteiger partial charge in [0.2, 0.25) is 0 Å². The van der Waals surface area contributed by atoms with Crippen LogP contribution in [0.15, 0.2) is 41.0 Å². The van der Waals surface area contributed by atoms with Gasteiger partial charge in [-0.05, 0) is 12.2 Å². The minimum absolute atomic E-state index is 0.0654. The average molecular weight is 186 g/mol. The fourth-order valence-electron chi connectivity index (χ4n) is 0.450. The number of rotatable bonds is 4. The van der Waals surface area contributed by atoms with Gasteiger partial charge in [-0.3, -0.25) is 4.99 Å². The maximum absolute atomic E-state index is 10.4. The van der Waals surface area contributed by atoms with Crippen molar-refractivity contribution in [2.75, 3.05) is 0 Å². The summed E-state index contributed by atoms with van der Waals surface area (Å²) in [6, 6.07) is 0. The summed E-state index contributed by atoms with van der Waals surface area (Å²) in [4.78, 5) is 14.0. The maximum Gasteiger partial charge on any atom is 0.335 e. The van der Waals surface area contributed by atoms with Crippen molar-refractivity contribution in [3.05, 3.63) is 36.0 Å².